The molecule has 0 aromatic carbocycles. The minimum absolute atomic E-state index is 0.110. The molecule has 1 aliphatic rings. The third-order valence-electron chi connectivity index (χ3n) is 3.08. The zero-order valence-electron chi connectivity index (χ0n) is 10.6. The summed E-state index contributed by atoms with van der Waals surface area (Å²) in [5.74, 6) is 0.228. The zero-order valence-corrected chi connectivity index (χ0v) is 12.2. The molecule has 2 heterocycles. The molecule has 1 fully saturated rings. The molecule has 0 bridgehead atoms. The molecule has 1 saturated heterocycles. The molecular weight excluding hydrogens is 306 g/mol. The van der Waals surface area contributed by atoms with Gasteiger partial charge in [-0.2, -0.15) is 0 Å². The van der Waals surface area contributed by atoms with E-state index in [2.05, 4.69) is 4.72 Å². The Morgan fingerprint density at radius 1 is 1.50 bits per heavy atom. The number of hydrogen-bond donors (Lipinski definition) is 2. The molecule has 0 amide bonds. The van der Waals surface area contributed by atoms with Gasteiger partial charge in [0.05, 0.1) is 4.92 Å². The monoisotopic (exact) mass is 321 g/mol. The molecule has 2 rings (SSSR count). The largest absolute Gasteiger partial charge is 0.385 e. The average molecular weight is 321 g/mol. The number of nitrogen functional groups attached to an aromatic ring is 1. The molecule has 3 N–H and O–H groups in total. The van der Waals surface area contributed by atoms with Crippen LogP contribution in [0.5, 0.6) is 0 Å². The fourth-order valence-corrected chi connectivity index (χ4v) is 4.27. The highest BCUT2D eigenvalue weighted by molar-refractivity contribution is 7.91. The van der Waals surface area contributed by atoms with E-state index in [1.54, 1.807) is 0 Å². The third kappa shape index (κ3) is 3.45. The van der Waals surface area contributed by atoms with Crippen LogP contribution in [0.4, 0.5) is 10.7 Å². The van der Waals surface area contributed by atoms with Crippen molar-refractivity contribution in [2.75, 3.05) is 25.5 Å². The van der Waals surface area contributed by atoms with Crippen LogP contribution in [0.3, 0.4) is 0 Å². The van der Waals surface area contributed by atoms with Crippen LogP contribution in [0, 0.1) is 16.0 Å². The zero-order chi connectivity index (χ0) is 14.8. The Morgan fingerprint density at radius 3 is 2.70 bits per heavy atom. The number of nitro groups is 1. The Kier molecular flexibility index (Phi) is 4.58. The summed E-state index contributed by atoms with van der Waals surface area (Å²) in [5.41, 5.74) is 5.07. The molecule has 1 aromatic heterocycles. The van der Waals surface area contributed by atoms with E-state index >= 15 is 0 Å². The first-order valence-electron chi connectivity index (χ1n) is 6.01. The van der Waals surface area contributed by atoms with Crippen LogP contribution >= 0.6 is 11.3 Å². The maximum absolute atomic E-state index is 12.1. The van der Waals surface area contributed by atoms with E-state index in [1.807, 2.05) is 0 Å². The molecule has 0 aliphatic carbocycles. The van der Waals surface area contributed by atoms with Crippen molar-refractivity contribution in [2.45, 2.75) is 17.1 Å². The summed E-state index contributed by atoms with van der Waals surface area (Å²) in [7, 11) is -3.75. The van der Waals surface area contributed by atoms with E-state index in [4.69, 9.17) is 10.5 Å². The first-order chi connectivity index (χ1) is 9.40. The van der Waals surface area contributed by atoms with Crippen LogP contribution < -0.4 is 10.5 Å². The second kappa shape index (κ2) is 6.04. The van der Waals surface area contributed by atoms with Gasteiger partial charge < -0.3 is 10.5 Å². The Morgan fingerprint density at radius 2 is 2.15 bits per heavy atom. The molecule has 8 nitrogen and oxygen atoms in total. The van der Waals surface area contributed by atoms with Crippen LogP contribution in [0.2, 0.25) is 0 Å². The van der Waals surface area contributed by atoms with Crippen molar-refractivity contribution in [3.05, 3.63) is 16.2 Å². The summed E-state index contributed by atoms with van der Waals surface area (Å²) in [6.45, 7) is 1.56. The van der Waals surface area contributed by atoms with Gasteiger partial charge in [-0.05, 0) is 18.8 Å². The van der Waals surface area contributed by atoms with Crippen molar-refractivity contribution in [3.63, 3.8) is 0 Å². The minimum Gasteiger partial charge on any atom is -0.385 e. The van der Waals surface area contributed by atoms with Gasteiger partial charge in [0.1, 0.15) is 4.21 Å². The Bertz CT molecular complexity index is 592. The molecular formula is C10H15N3O5S2. The van der Waals surface area contributed by atoms with E-state index in [1.165, 1.54) is 0 Å². The maximum Gasteiger partial charge on any atom is 0.304 e. The van der Waals surface area contributed by atoms with Crippen LogP contribution in [-0.4, -0.2) is 33.1 Å². The number of ether oxygens (including phenoxy) is 1. The van der Waals surface area contributed by atoms with E-state index in [9.17, 15) is 18.5 Å². The number of nitrogens with one attached hydrogen (secondary N) is 1. The summed E-state index contributed by atoms with van der Waals surface area (Å²) < 4.78 is 31.6. The van der Waals surface area contributed by atoms with Gasteiger partial charge in [0.25, 0.3) is 0 Å². The quantitative estimate of drug-likeness (QED) is 0.614. The van der Waals surface area contributed by atoms with E-state index in [-0.39, 0.29) is 20.8 Å². The Hall–Kier alpha value is -1.23. The SMILES string of the molecule is Nc1sc(S(=O)(=O)NCC2CCOCC2)cc1[N+](=O)[O-]. The van der Waals surface area contributed by atoms with Crippen LogP contribution in [0.25, 0.3) is 0 Å². The van der Waals surface area contributed by atoms with Crippen LogP contribution in [0.15, 0.2) is 10.3 Å². The highest BCUT2D eigenvalue weighted by atomic mass is 32.2. The normalized spacial score (nSPS) is 17.2. The lowest BCUT2D eigenvalue weighted by Gasteiger charge is -2.21. The second-order valence-corrected chi connectivity index (χ2v) is 7.56. The molecule has 0 radical (unpaired) electrons. The topological polar surface area (TPSA) is 125 Å². The lowest BCUT2D eigenvalue weighted by atomic mass is 10.0. The number of anilines is 1. The average Bonchev–Trinajstić information content (AvgIpc) is 2.81. The van der Waals surface area contributed by atoms with Gasteiger partial charge in [0, 0.05) is 25.8 Å². The predicted octanol–water partition coefficient (Wildman–Crippen LogP) is 0.943. The Labute approximate surface area is 120 Å². The predicted molar refractivity (Wildman–Crippen MR) is 74.1 cm³/mol. The number of hydrogen-bond acceptors (Lipinski definition) is 7. The standard InChI is InChI=1S/C10H15N3O5S2/c11-10-8(13(14)15)5-9(19-10)20(16,17)12-6-7-1-3-18-4-2-7/h5,7,12H,1-4,6,11H2. The molecule has 0 spiro atoms. The van der Waals surface area contributed by atoms with Gasteiger partial charge in [-0.25, -0.2) is 13.1 Å². The summed E-state index contributed by atoms with van der Waals surface area (Å²) in [6, 6.07) is 0.992. The molecule has 0 atom stereocenters. The van der Waals surface area contributed by atoms with Gasteiger partial charge in [-0.15, -0.1) is 0 Å². The molecule has 0 saturated carbocycles. The van der Waals surface area contributed by atoms with Gasteiger partial charge in [0.2, 0.25) is 10.0 Å². The van der Waals surface area contributed by atoms with E-state index in [0.29, 0.717) is 31.1 Å². The molecule has 1 aliphatic heterocycles. The number of rotatable bonds is 5. The van der Waals surface area contributed by atoms with Crippen molar-refractivity contribution in [1.29, 1.82) is 0 Å². The lowest BCUT2D eigenvalue weighted by Crippen LogP contribution is -2.31. The maximum atomic E-state index is 12.1. The van der Waals surface area contributed by atoms with Crippen LogP contribution in [-0.2, 0) is 14.8 Å². The molecule has 1 aromatic rings. The molecule has 10 heteroatoms. The number of nitrogens with two attached hydrogens (primary N) is 1. The fraction of sp³-hybridized carbons (Fsp3) is 0.600. The second-order valence-electron chi connectivity index (χ2n) is 4.48. The van der Waals surface area contributed by atoms with Crippen molar-refractivity contribution >= 4 is 32.0 Å². The van der Waals surface area contributed by atoms with Gasteiger partial charge in [-0.3, -0.25) is 10.1 Å². The van der Waals surface area contributed by atoms with E-state index in [0.717, 1.165) is 18.9 Å². The molecule has 20 heavy (non-hydrogen) atoms. The highest BCUT2D eigenvalue weighted by Gasteiger charge is 2.25. The summed E-state index contributed by atoms with van der Waals surface area (Å²) in [5, 5.41) is 10.6. The summed E-state index contributed by atoms with van der Waals surface area (Å²) in [6.07, 6.45) is 1.60. The van der Waals surface area contributed by atoms with Gasteiger partial charge in [0.15, 0.2) is 5.00 Å². The van der Waals surface area contributed by atoms with Gasteiger partial charge in [-0.1, -0.05) is 11.3 Å². The first-order valence-corrected chi connectivity index (χ1v) is 8.31. The lowest BCUT2D eigenvalue weighted by molar-refractivity contribution is -0.383. The first kappa shape index (κ1) is 15.2. The fourth-order valence-electron chi connectivity index (χ4n) is 1.90. The van der Waals surface area contributed by atoms with Crippen molar-refractivity contribution < 1.29 is 18.1 Å². The highest BCUT2D eigenvalue weighted by Crippen LogP contribution is 2.34. The summed E-state index contributed by atoms with van der Waals surface area (Å²) >= 11 is 0.697. The van der Waals surface area contributed by atoms with Crippen LogP contribution in [0.1, 0.15) is 12.8 Å². The van der Waals surface area contributed by atoms with E-state index < -0.39 is 14.9 Å². The number of nitrogens with zero attached hydrogens (tertiary/aromatic N) is 1. The Balaban J connectivity index is 2.06. The van der Waals surface area contributed by atoms with Crippen molar-refractivity contribution in [2.24, 2.45) is 5.92 Å². The summed E-state index contributed by atoms with van der Waals surface area (Å²) in [4.78, 5) is 9.98. The number of thiophene rings is 1. The van der Waals surface area contributed by atoms with Crippen molar-refractivity contribution in [1.82, 2.24) is 4.72 Å². The smallest absolute Gasteiger partial charge is 0.304 e. The molecule has 112 valence electrons. The third-order valence-corrected chi connectivity index (χ3v) is 5.93. The van der Waals surface area contributed by atoms with Crippen molar-refractivity contribution in [3.8, 4) is 0 Å². The number of sulfonamides is 1. The molecule has 0 unspecified atom stereocenters. The minimum atomic E-state index is -3.75. The van der Waals surface area contributed by atoms with Gasteiger partial charge >= 0.3 is 5.69 Å².